The summed E-state index contributed by atoms with van der Waals surface area (Å²) in [7, 11) is 0. The predicted molar refractivity (Wildman–Crippen MR) is 80.1 cm³/mol. The molecule has 0 bridgehead atoms. The fraction of sp³-hybridized carbons (Fsp3) is 0.200. The zero-order valence-corrected chi connectivity index (χ0v) is 12.7. The van der Waals surface area contributed by atoms with E-state index in [1.807, 2.05) is 37.3 Å². The zero-order chi connectivity index (χ0) is 13.1. The van der Waals surface area contributed by atoms with Gasteiger partial charge in [-0.2, -0.15) is 0 Å². The van der Waals surface area contributed by atoms with Crippen molar-refractivity contribution in [2.75, 3.05) is 0 Å². The van der Waals surface area contributed by atoms with Crippen LogP contribution in [0.3, 0.4) is 0 Å². The van der Waals surface area contributed by atoms with Gasteiger partial charge in [0, 0.05) is 10.9 Å². The molecule has 2 aromatic rings. The van der Waals surface area contributed by atoms with Crippen molar-refractivity contribution in [1.29, 1.82) is 0 Å². The van der Waals surface area contributed by atoms with Gasteiger partial charge in [0.1, 0.15) is 11.5 Å². The average Bonchev–Trinajstić information content (AvgIpc) is 2.34. The fourth-order valence-corrected chi connectivity index (χ4v) is 2.47. The Balaban J connectivity index is 2.39. The minimum atomic E-state index is 0.631. The number of ether oxygens (including phenoxy) is 1. The van der Waals surface area contributed by atoms with Gasteiger partial charge in [0.25, 0.3) is 0 Å². The van der Waals surface area contributed by atoms with E-state index in [1.54, 1.807) is 0 Å². The lowest BCUT2D eigenvalue weighted by Gasteiger charge is -2.13. The van der Waals surface area contributed by atoms with E-state index in [0.29, 0.717) is 10.4 Å². The monoisotopic (exact) mass is 324 g/mol. The molecule has 0 spiro atoms. The topological polar surface area (TPSA) is 9.23 Å². The van der Waals surface area contributed by atoms with Crippen LogP contribution in [0.1, 0.15) is 16.7 Å². The van der Waals surface area contributed by atoms with Crippen LogP contribution >= 0.6 is 27.5 Å². The molecule has 0 amide bonds. The summed E-state index contributed by atoms with van der Waals surface area (Å²) in [5.74, 6) is 1.57. The minimum absolute atomic E-state index is 0.631. The number of benzene rings is 2. The summed E-state index contributed by atoms with van der Waals surface area (Å²) in [5.41, 5.74) is 3.37. The number of para-hydroxylation sites is 1. The fourth-order valence-electron chi connectivity index (χ4n) is 1.80. The van der Waals surface area contributed by atoms with Crippen molar-refractivity contribution >= 4 is 27.5 Å². The third-order valence-electron chi connectivity index (χ3n) is 2.73. The van der Waals surface area contributed by atoms with Crippen molar-refractivity contribution < 1.29 is 4.74 Å². The molecule has 0 aliphatic carbocycles. The predicted octanol–water partition coefficient (Wildman–Crippen LogP) is 5.64. The van der Waals surface area contributed by atoms with Crippen LogP contribution < -0.4 is 4.74 Å². The van der Waals surface area contributed by atoms with Crippen molar-refractivity contribution in [2.45, 2.75) is 19.2 Å². The van der Waals surface area contributed by atoms with Gasteiger partial charge >= 0.3 is 0 Å². The Labute approximate surface area is 121 Å². The van der Waals surface area contributed by atoms with Crippen molar-refractivity contribution in [3.05, 3.63) is 58.1 Å². The van der Waals surface area contributed by atoms with Crippen LogP contribution in [0.15, 0.2) is 36.4 Å². The van der Waals surface area contributed by atoms with Crippen molar-refractivity contribution in [2.24, 2.45) is 0 Å². The molecule has 18 heavy (non-hydrogen) atoms. The van der Waals surface area contributed by atoms with Gasteiger partial charge in [-0.3, -0.25) is 0 Å². The van der Waals surface area contributed by atoms with E-state index in [4.69, 9.17) is 16.3 Å². The molecule has 0 radical (unpaired) electrons. The number of hydrogen-bond acceptors (Lipinski definition) is 1. The maximum Gasteiger partial charge on any atom is 0.150 e. The third-order valence-corrected chi connectivity index (χ3v) is 3.64. The highest BCUT2D eigenvalue weighted by molar-refractivity contribution is 9.08. The highest BCUT2D eigenvalue weighted by Crippen LogP contribution is 2.35. The van der Waals surface area contributed by atoms with Gasteiger partial charge < -0.3 is 4.74 Å². The summed E-state index contributed by atoms with van der Waals surface area (Å²) in [5, 5.41) is 1.35. The third kappa shape index (κ3) is 2.88. The van der Waals surface area contributed by atoms with Gasteiger partial charge in [-0.1, -0.05) is 57.4 Å². The first kappa shape index (κ1) is 13.4. The Morgan fingerprint density at radius 3 is 2.61 bits per heavy atom. The highest BCUT2D eigenvalue weighted by Gasteiger charge is 2.10. The van der Waals surface area contributed by atoms with Gasteiger partial charge in [-0.15, -0.1) is 0 Å². The van der Waals surface area contributed by atoms with Crippen LogP contribution in [0.2, 0.25) is 5.02 Å². The molecule has 0 aliphatic rings. The van der Waals surface area contributed by atoms with Crippen LogP contribution in [0.5, 0.6) is 11.5 Å². The summed E-state index contributed by atoms with van der Waals surface area (Å²) >= 11 is 9.64. The van der Waals surface area contributed by atoms with Gasteiger partial charge in [0.2, 0.25) is 0 Å². The summed E-state index contributed by atoms with van der Waals surface area (Å²) < 4.78 is 5.96. The smallest absolute Gasteiger partial charge is 0.150 e. The standard InChI is InChI=1S/C15H14BrClO/c1-10-6-7-14(11(2)8-10)18-15-12(9-16)4-3-5-13(15)17/h3-8H,9H2,1-2H3. The number of alkyl halides is 1. The molecule has 0 atom stereocenters. The molecule has 94 valence electrons. The lowest BCUT2D eigenvalue weighted by Crippen LogP contribution is -1.93. The molecule has 3 heteroatoms. The molecule has 2 rings (SSSR count). The molecule has 0 aliphatic heterocycles. The molecule has 1 nitrogen and oxygen atoms in total. The first-order chi connectivity index (χ1) is 8.61. The Kier molecular flexibility index (Phi) is 4.31. The lowest BCUT2D eigenvalue weighted by atomic mass is 10.1. The SMILES string of the molecule is Cc1ccc(Oc2c(Cl)cccc2CBr)c(C)c1. The van der Waals surface area contributed by atoms with E-state index in [1.165, 1.54) is 5.56 Å². The van der Waals surface area contributed by atoms with E-state index >= 15 is 0 Å². The molecule has 0 unspecified atom stereocenters. The second-order valence-corrected chi connectivity index (χ2v) is 5.20. The summed E-state index contributed by atoms with van der Waals surface area (Å²) in [6.07, 6.45) is 0. The quantitative estimate of drug-likeness (QED) is 0.663. The van der Waals surface area contributed by atoms with E-state index in [9.17, 15) is 0 Å². The first-order valence-electron chi connectivity index (χ1n) is 5.70. The molecular weight excluding hydrogens is 312 g/mol. The van der Waals surface area contributed by atoms with Crippen LogP contribution in [-0.4, -0.2) is 0 Å². The average molecular weight is 326 g/mol. The van der Waals surface area contributed by atoms with E-state index < -0.39 is 0 Å². The summed E-state index contributed by atoms with van der Waals surface area (Å²) in [6, 6.07) is 11.9. The Morgan fingerprint density at radius 1 is 1.17 bits per heavy atom. The second-order valence-electron chi connectivity index (χ2n) is 4.23. The van der Waals surface area contributed by atoms with Crippen LogP contribution in [0, 0.1) is 13.8 Å². The van der Waals surface area contributed by atoms with E-state index in [2.05, 4.69) is 28.9 Å². The number of aryl methyl sites for hydroxylation is 2. The number of halogens is 2. The van der Waals surface area contributed by atoms with Crippen molar-refractivity contribution in [1.82, 2.24) is 0 Å². The van der Waals surface area contributed by atoms with Gasteiger partial charge in [-0.25, -0.2) is 0 Å². The Morgan fingerprint density at radius 2 is 1.94 bits per heavy atom. The van der Waals surface area contributed by atoms with Gasteiger partial charge in [0.05, 0.1) is 5.02 Å². The summed E-state index contributed by atoms with van der Waals surface area (Å²) in [4.78, 5) is 0. The highest BCUT2D eigenvalue weighted by atomic mass is 79.9. The second kappa shape index (κ2) is 5.77. The molecular formula is C15H14BrClO. The van der Waals surface area contributed by atoms with E-state index in [-0.39, 0.29) is 0 Å². The first-order valence-corrected chi connectivity index (χ1v) is 7.20. The largest absolute Gasteiger partial charge is 0.455 e. The van der Waals surface area contributed by atoms with Crippen LogP contribution in [0.25, 0.3) is 0 Å². The summed E-state index contributed by atoms with van der Waals surface area (Å²) in [6.45, 7) is 4.10. The lowest BCUT2D eigenvalue weighted by molar-refractivity contribution is 0.475. The van der Waals surface area contributed by atoms with Gasteiger partial charge in [0.15, 0.2) is 0 Å². The molecule has 0 fully saturated rings. The number of hydrogen-bond donors (Lipinski definition) is 0. The maximum absolute atomic E-state index is 6.20. The zero-order valence-electron chi connectivity index (χ0n) is 10.3. The van der Waals surface area contributed by atoms with E-state index in [0.717, 1.165) is 22.6 Å². The van der Waals surface area contributed by atoms with Crippen LogP contribution in [-0.2, 0) is 5.33 Å². The minimum Gasteiger partial charge on any atom is -0.455 e. The normalized spacial score (nSPS) is 10.4. The molecule has 0 aromatic heterocycles. The maximum atomic E-state index is 6.20. The van der Waals surface area contributed by atoms with Crippen molar-refractivity contribution in [3.8, 4) is 11.5 Å². The number of rotatable bonds is 3. The van der Waals surface area contributed by atoms with Crippen molar-refractivity contribution in [3.63, 3.8) is 0 Å². The Bertz CT molecular complexity index is 566. The molecule has 0 N–H and O–H groups in total. The van der Waals surface area contributed by atoms with Crippen LogP contribution in [0.4, 0.5) is 0 Å². The molecule has 0 saturated heterocycles. The Hall–Kier alpha value is -0.990. The molecule has 0 heterocycles. The molecule has 0 saturated carbocycles. The van der Waals surface area contributed by atoms with Gasteiger partial charge in [-0.05, 0) is 31.5 Å². The molecule has 2 aromatic carbocycles.